The third kappa shape index (κ3) is 3.69. The molecule has 146 valence electrons. The Labute approximate surface area is 164 Å². The van der Waals surface area contributed by atoms with E-state index in [9.17, 15) is 9.59 Å². The number of carbonyl (C=O) groups excluding carboxylic acids is 2. The summed E-state index contributed by atoms with van der Waals surface area (Å²) in [6, 6.07) is 9.82. The molecule has 7 heteroatoms. The predicted octanol–water partition coefficient (Wildman–Crippen LogP) is 2.55. The topological polar surface area (TPSA) is 78.4 Å². The molecule has 7 nitrogen and oxygen atoms in total. The maximum atomic E-state index is 12.9. The molecule has 2 amide bonds. The quantitative estimate of drug-likeness (QED) is 0.883. The van der Waals surface area contributed by atoms with E-state index in [1.807, 2.05) is 49.3 Å². The normalized spacial score (nSPS) is 24.0. The number of piperidine rings is 1. The smallest absolute Gasteiger partial charge is 0.256 e. The first kappa shape index (κ1) is 18.4. The second-order valence-electron chi connectivity index (χ2n) is 7.83. The van der Waals surface area contributed by atoms with Gasteiger partial charge in [0.25, 0.3) is 5.91 Å². The predicted molar refractivity (Wildman–Crippen MR) is 106 cm³/mol. The van der Waals surface area contributed by atoms with Crippen LogP contribution in [-0.2, 0) is 4.79 Å². The fourth-order valence-corrected chi connectivity index (χ4v) is 4.33. The number of para-hydroxylation sites is 1. The van der Waals surface area contributed by atoms with E-state index in [2.05, 4.69) is 15.3 Å². The second-order valence-corrected chi connectivity index (χ2v) is 7.83. The van der Waals surface area contributed by atoms with Crippen LogP contribution in [0.5, 0.6) is 0 Å². The molecule has 0 radical (unpaired) electrons. The van der Waals surface area contributed by atoms with E-state index in [0.717, 1.165) is 25.1 Å². The maximum absolute atomic E-state index is 12.9. The van der Waals surface area contributed by atoms with Crippen molar-refractivity contribution in [1.29, 1.82) is 0 Å². The standard InChI is InChI=1S/C21H25N5O2/c1-25-13-15-9-18(8-14(15)10-19(25)27)26(2)20(28)16-11-22-21(23-12-16)24-17-6-4-3-5-7-17/h3-7,11-12,14-15,18H,8-10,13H2,1-2H3,(H,22,23,24)/t14-,15+,18-/m0/s1. The first-order chi connectivity index (χ1) is 13.5. The van der Waals surface area contributed by atoms with Gasteiger partial charge in [-0.2, -0.15) is 0 Å². The minimum atomic E-state index is -0.0745. The minimum absolute atomic E-state index is 0.0745. The van der Waals surface area contributed by atoms with Gasteiger partial charge in [-0.3, -0.25) is 9.59 Å². The summed E-state index contributed by atoms with van der Waals surface area (Å²) >= 11 is 0. The van der Waals surface area contributed by atoms with Gasteiger partial charge >= 0.3 is 0 Å². The zero-order valence-electron chi connectivity index (χ0n) is 16.2. The number of benzene rings is 1. The SMILES string of the molecule is CN1C[C@H]2C[C@@H](N(C)C(=O)c3cnc(Nc4ccccc4)nc3)C[C@H]2CC1=O. The van der Waals surface area contributed by atoms with Gasteiger partial charge in [0.2, 0.25) is 11.9 Å². The molecule has 3 atom stereocenters. The Morgan fingerprint density at radius 1 is 1.14 bits per heavy atom. The summed E-state index contributed by atoms with van der Waals surface area (Å²) in [7, 11) is 3.70. The van der Waals surface area contributed by atoms with Crippen molar-refractivity contribution < 1.29 is 9.59 Å². The van der Waals surface area contributed by atoms with E-state index in [1.54, 1.807) is 17.3 Å². The average molecular weight is 379 g/mol. The second kappa shape index (κ2) is 7.58. The number of aromatic nitrogens is 2. The molecule has 1 saturated heterocycles. The lowest BCUT2D eigenvalue weighted by Crippen LogP contribution is -2.39. The van der Waals surface area contributed by atoms with Crippen molar-refractivity contribution in [3.63, 3.8) is 0 Å². The first-order valence-corrected chi connectivity index (χ1v) is 9.66. The molecule has 2 aromatic rings. The lowest BCUT2D eigenvalue weighted by molar-refractivity contribution is -0.134. The molecule has 2 fully saturated rings. The van der Waals surface area contributed by atoms with Gasteiger partial charge < -0.3 is 15.1 Å². The molecule has 1 aromatic heterocycles. The van der Waals surface area contributed by atoms with Gasteiger partial charge in [-0.1, -0.05) is 18.2 Å². The van der Waals surface area contributed by atoms with Crippen LogP contribution in [0, 0.1) is 11.8 Å². The lowest BCUT2D eigenvalue weighted by Gasteiger charge is -2.31. The van der Waals surface area contributed by atoms with Crippen LogP contribution >= 0.6 is 0 Å². The lowest BCUT2D eigenvalue weighted by atomic mass is 9.88. The van der Waals surface area contributed by atoms with E-state index >= 15 is 0 Å². The van der Waals surface area contributed by atoms with Gasteiger partial charge in [0, 0.05) is 51.2 Å². The molecule has 1 aliphatic carbocycles. The molecule has 0 unspecified atom stereocenters. The molecule has 4 rings (SSSR count). The van der Waals surface area contributed by atoms with Crippen molar-refractivity contribution in [2.24, 2.45) is 11.8 Å². The molecule has 2 aliphatic rings. The van der Waals surface area contributed by atoms with E-state index in [4.69, 9.17) is 0 Å². The Hall–Kier alpha value is -2.96. The van der Waals surface area contributed by atoms with Crippen molar-refractivity contribution >= 4 is 23.5 Å². The van der Waals surface area contributed by atoms with Gasteiger partial charge in [0.15, 0.2) is 0 Å². The molecule has 0 spiro atoms. The van der Waals surface area contributed by atoms with Crippen molar-refractivity contribution in [2.75, 3.05) is 26.0 Å². The van der Waals surface area contributed by atoms with Gasteiger partial charge in [-0.15, -0.1) is 0 Å². The third-order valence-electron chi connectivity index (χ3n) is 5.98. The van der Waals surface area contributed by atoms with E-state index < -0.39 is 0 Å². The average Bonchev–Trinajstić information content (AvgIpc) is 3.11. The van der Waals surface area contributed by atoms with Crippen LogP contribution in [0.2, 0.25) is 0 Å². The zero-order chi connectivity index (χ0) is 19.7. The van der Waals surface area contributed by atoms with Crippen LogP contribution in [0.25, 0.3) is 0 Å². The molecule has 28 heavy (non-hydrogen) atoms. The number of hydrogen-bond donors (Lipinski definition) is 1. The van der Waals surface area contributed by atoms with Crippen LogP contribution in [0.3, 0.4) is 0 Å². The van der Waals surface area contributed by atoms with E-state index in [0.29, 0.717) is 29.8 Å². The number of carbonyl (C=O) groups is 2. The number of nitrogens with one attached hydrogen (secondary N) is 1. The van der Waals surface area contributed by atoms with E-state index in [-0.39, 0.29) is 17.9 Å². The summed E-state index contributed by atoms with van der Waals surface area (Å²) in [4.78, 5) is 37.0. The summed E-state index contributed by atoms with van der Waals surface area (Å²) in [6.45, 7) is 0.797. The van der Waals surface area contributed by atoms with Gasteiger partial charge in [0.1, 0.15) is 0 Å². The Bertz CT molecular complexity index is 855. The number of likely N-dealkylation sites (tertiary alicyclic amines) is 1. The summed E-state index contributed by atoms with van der Waals surface area (Å²) in [5.41, 5.74) is 1.37. The molecule has 1 aromatic carbocycles. The number of nitrogens with zero attached hydrogens (tertiary/aromatic N) is 4. The number of hydrogen-bond acceptors (Lipinski definition) is 5. The summed E-state index contributed by atoms with van der Waals surface area (Å²) < 4.78 is 0. The Morgan fingerprint density at radius 3 is 2.54 bits per heavy atom. The number of fused-ring (bicyclic) bond motifs is 1. The van der Waals surface area contributed by atoms with E-state index in [1.165, 1.54) is 0 Å². The largest absolute Gasteiger partial charge is 0.345 e. The van der Waals surface area contributed by atoms with Crippen LogP contribution in [0.4, 0.5) is 11.6 Å². The summed E-state index contributed by atoms with van der Waals surface area (Å²) in [5, 5.41) is 3.11. The first-order valence-electron chi connectivity index (χ1n) is 9.66. The highest BCUT2D eigenvalue weighted by molar-refractivity contribution is 5.93. The molecular formula is C21H25N5O2. The van der Waals surface area contributed by atoms with Gasteiger partial charge in [0.05, 0.1) is 5.56 Å². The molecule has 1 aliphatic heterocycles. The highest BCUT2D eigenvalue weighted by Gasteiger charge is 2.42. The van der Waals surface area contributed by atoms with Crippen LogP contribution in [0.15, 0.2) is 42.7 Å². The zero-order valence-corrected chi connectivity index (χ0v) is 16.2. The number of anilines is 2. The Balaban J connectivity index is 1.39. The highest BCUT2D eigenvalue weighted by atomic mass is 16.2. The van der Waals surface area contributed by atoms with Crippen LogP contribution < -0.4 is 5.32 Å². The van der Waals surface area contributed by atoms with Crippen LogP contribution in [-0.4, -0.2) is 58.3 Å². The molecular weight excluding hydrogens is 354 g/mol. The van der Waals surface area contributed by atoms with Crippen molar-refractivity contribution in [1.82, 2.24) is 19.8 Å². The van der Waals surface area contributed by atoms with Crippen molar-refractivity contribution in [2.45, 2.75) is 25.3 Å². The molecule has 0 bridgehead atoms. The van der Waals surface area contributed by atoms with Gasteiger partial charge in [-0.25, -0.2) is 9.97 Å². The molecule has 1 N–H and O–H groups in total. The molecule has 2 heterocycles. The van der Waals surface area contributed by atoms with Crippen molar-refractivity contribution in [3.8, 4) is 0 Å². The van der Waals surface area contributed by atoms with Crippen LogP contribution in [0.1, 0.15) is 29.6 Å². The fourth-order valence-electron chi connectivity index (χ4n) is 4.33. The third-order valence-corrected chi connectivity index (χ3v) is 5.98. The maximum Gasteiger partial charge on any atom is 0.256 e. The van der Waals surface area contributed by atoms with Crippen molar-refractivity contribution in [3.05, 3.63) is 48.3 Å². The summed E-state index contributed by atoms with van der Waals surface area (Å²) in [6.07, 6.45) is 5.56. The summed E-state index contributed by atoms with van der Waals surface area (Å²) in [5.74, 6) is 1.47. The highest BCUT2D eigenvalue weighted by Crippen LogP contribution is 2.40. The Kier molecular flexibility index (Phi) is 4.98. The molecule has 1 saturated carbocycles. The minimum Gasteiger partial charge on any atom is -0.345 e. The Morgan fingerprint density at radius 2 is 1.82 bits per heavy atom. The monoisotopic (exact) mass is 379 g/mol. The van der Waals surface area contributed by atoms with Gasteiger partial charge in [-0.05, 0) is 36.8 Å². The number of rotatable bonds is 4. The number of amides is 2. The fraction of sp³-hybridized carbons (Fsp3) is 0.429.